The SMILES string of the molecule is COc1ccc(OC)c(S(=O)(=O)NCc2nc(N3CCCC3)c3cccc(C)c3n2)c1. The van der Waals surface area contributed by atoms with Gasteiger partial charge in [-0.1, -0.05) is 12.1 Å². The number of methoxy groups -OCH3 is 2. The normalized spacial score (nSPS) is 14.2. The van der Waals surface area contributed by atoms with Crippen LogP contribution in [0.4, 0.5) is 5.82 Å². The monoisotopic (exact) mass is 442 g/mol. The van der Waals surface area contributed by atoms with E-state index in [1.165, 1.54) is 20.3 Å². The lowest BCUT2D eigenvalue weighted by molar-refractivity contribution is 0.392. The smallest absolute Gasteiger partial charge is 0.244 e. The lowest BCUT2D eigenvalue weighted by Crippen LogP contribution is -2.26. The van der Waals surface area contributed by atoms with Crippen LogP contribution in [0.15, 0.2) is 41.3 Å². The van der Waals surface area contributed by atoms with Crippen molar-refractivity contribution in [2.45, 2.75) is 31.2 Å². The Hall–Kier alpha value is -2.91. The van der Waals surface area contributed by atoms with Crippen LogP contribution in [0.5, 0.6) is 11.5 Å². The van der Waals surface area contributed by atoms with E-state index in [2.05, 4.69) is 14.6 Å². The van der Waals surface area contributed by atoms with Crippen molar-refractivity contribution in [1.29, 1.82) is 0 Å². The molecule has 1 fully saturated rings. The number of rotatable bonds is 7. The quantitative estimate of drug-likeness (QED) is 0.601. The maximum atomic E-state index is 13.0. The molecule has 1 saturated heterocycles. The highest BCUT2D eigenvalue weighted by molar-refractivity contribution is 7.89. The number of benzene rings is 2. The van der Waals surface area contributed by atoms with Gasteiger partial charge < -0.3 is 14.4 Å². The van der Waals surface area contributed by atoms with Crippen LogP contribution >= 0.6 is 0 Å². The molecule has 31 heavy (non-hydrogen) atoms. The molecule has 1 aliphatic rings. The molecule has 0 radical (unpaired) electrons. The van der Waals surface area contributed by atoms with Crippen molar-refractivity contribution in [2.24, 2.45) is 0 Å². The van der Waals surface area contributed by atoms with Gasteiger partial charge in [-0.2, -0.15) is 0 Å². The van der Waals surface area contributed by atoms with Crippen molar-refractivity contribution in [3.05, 3.63) is 47.8 Å². The predicted molar refractivity (Wildman–Crippen MR) is 119 cm³/mol. The summed E-state index contributed by atoms with van der Waals surface area (Å²) in [5.74, 6) is 1.95. The number of sulfonamides is 1. The number of para-hydroxylation sites is 1. The fourth-order valence-corrected chi connectivity index (χ4v) is 4.97. The van der Waals surface area contributed by atoms with Crippen LogP contribution in [0.25, 0.3) is 10.9 Å². The van der Waals surface area contributed by atoms with Crippen LogP contribution in [-0.4, -0.2) is 45.7 Å². The minimum absolute atomic E-state index is 0.00564. The van der Waals surface area contributed by atoms with Gasteiger partial charge >= 0.3 is 0 Å². The summed E-state index contributed by atoms with van der Waals surface area (Å²) in [6, 6.07) is 10.7. The molecule has 8 nitrogen and oxygen atoms in total. The van der Waals surface area contributed by atoms with E-state index in [0.717, 1.165) is 48.2 Å². The predicted octanol–water partition coefficient (Wildman–Crippen LogP) is 3.03. The molecule has 0 spiro atoms. The molecule has 0 bridgehead atoms. The topological polar surface area (TPSA) is 93.6 Å². The minimum Gasteiger partial charge on any atom is -0.497 e. The van der Waals surface area contributed by atoms with E-state index in [-0.39, 0.29) is 17.2 Å². The zero-order valence-corrected chi connectivity index (χ0v) is 18.7. The van der Waals surface area contributed by atoms with E-state index in [9.17, 15) is 8.42 Å². The molecule has 0 aliphatic carbocycles. The van der Waals surface area contributed by atoms with Crippen LogP contribution in [-0.2, 0) is 16.6 Å². The number of nitrogens with one attached hydrogen (secondary N) is 1. The minimum atomic E-state index is -3.88. The van der Waals surface area contributed by atoms with Crippen LogP contribution in [0.1, 0.15) is 24.2 Å². The number of ether oxygens (including phenoxy) is 2. The summed E-state index contributed by atoms with van der Waals surface area (Å²) >= 11 is 0. The van der Waals surface area contributed by atoms with Gasteiger partial charge in [0.05, 0.1) is 26.3 Å². The van der Waals surface area contributed by atoms with Crippen molar-refractivity contribution in [1.82, 2.24) is 14.7 Å². The maximum Gasteiger partial charge on any atom is 0.244 e. The highest BCUT2D eigenvalue weighted by Crippen LogP contribution is 2.30. The molecule has 1 aliphatic heterocycles. The van der Waals surface area contributed by atoms with Crippen LogP contribution in [0, 0.1) is 6.92 Å². The van der Waals surface area contributed by atoms with Crippen LogP contribution in [0.3, 0.4) is 0 Å². The third kappa shape index (κ3) is 4.28. The van der Waals surface area contributed by atoms with Crippen molar-refractivity contribution in [3.63, 3.8) is 0 Å². The number of aryl methyl sites for hydroxylation is 1. The molecule has 9 heteroatoms. The van der Waals surface area contributed by atoms with E-state index >= 15 is 0 Å². The molecular formula is C22H26N4O4S. The Labute approximate surface area is 182 Å². The van der Waals surface area contributed by atoms with Gasteiger partial charge in [-0.15, -0.1) is 0 Å². The average molecular weight is 443 g/mol. The average Bonchev–Trinajstić information content (AvgIpc) is 3.32. The molecule has 0 saturated carbocycles. The second-order valence-corrected chi connectivity index (χ2v) is 9.21. The summed E-state index contributed by atoms with van der Waals surface area (Å²) < 4.78 is 39.0. The van der Waals surface area contributed by atoms with Gasteiger partial charge in [0.2, 0.25) is 10.0 Å². The Kier molecular flexibility index (Phi) is 5.97. The molecule has 0 atom stereocenters. The summed E-state index contributed by atoms with van der Waals surface area (Å²) in [7, 11) is -0.966. The molecule has 0 unspecified atom stereocenters. The van der Waals surface area contributed by atoms with Crippen molar-refractivity contribution in [2.75, 3.05) is 32.2 Å². The first-order valence-electron chi connectivity index (χ1n) is 10.2. The summed E-state index contributed by atoms with van der Waals surface area (Å²) in [4.78, 5) is 11.6. The Bertz CT molecular complexity index is 1210. The fraction of sp³-hybridized carbons (Fsp3) is 0.364. The van der Waals surface area contributed by atoms with E-state index in [4.69, 9.17) is 14.5 Å². The molecule has 4 rings (SSSR count). The number of anilines is 1. The van der Waals surface area contributed by atoms with Crippen LogP contribution < -0.4 is 19.1 Å². The van der Waals surface area contributed by atoms with E-state index in [1.54, 1.807) is 12.1 Å². The third-order valence-electron chi connectivity index (χ3n) is 5.44. The Morgan fingerprint density at radius 1 is 1.06 bits per heavy atom. The van der Waals surface area contributed by atoms with E-state index in [0.29, 0.717) is 11.6 Å². The number of nitrogens with zero attached hydrogens (tertiary/aromatic N) is 3. The van der Waals surface area contributed by atoms with Gasteiger partial charge in [-0.3, -0.25) is 0 Å². The summed E-state index contributed by atoms with van der Waals surface area (Å²) in [5, 5.41) is 0.989. The first kappa shape index (κ1) is 21.3. The molecule has 1 aromatic heterocycles. The highest BCUT2D eigenvalue weighted by atomic mass is 32.2. The van der Waals surface area contributed by atoms with E-state index < -0.39 is 10.0 Å². The fourth-order valence-electron chi connectivity index (χ4n) is 3.80. The maximum absolute atomic E-state index is 13.0. The molecule has 3 aromatic rings. The second-order valence-electron chi connectivity index (χ2n) is 7.47. The molecular weight excluding hydrogens is 416 g/mol. The number of hydrogen-bond acceptors (Lipinski definition) is 7. The molecule has 1 N–H and O–H groups in total. The van der Waals surface area contributed by atoms with Crippen LogP contribution in [0.2, 0.25) is 0 Å². The van der Waals surface area contributed by atoms with Crippen molar-refractivity contribution in [3.8, 4) is 11.5 Å². The first-order chi connectivity index (χ1) is 14.9. The zero-order chi connectivity index (χ0) is 22.0. The largest absolute Gasteiger partial charge is 0.497 e. The Morgan fingerprint density at radius 2 is 1.84 bits per heavy atom. The first-order valence-corrected chi connectivity index (χ1v) is 11.6. The number of hydrogen-bond donors (Lipinski definition) is 1. The second kappa shape index (κ2) is 8.68. The van der Waals surface area contributed by atoms with Gasteiger partial charge in [-0.05, 0) is 43.5 Å². The third-order valence-corrected chi connectivity index (χ3v) is 6.86. The highest BCUT2D eigenvalue weighted by Gasteiger charge is 2.23. The Balaban J connectivity index is 1.68. The van der Waals surface area contributed by atoms with E-state index in [1.807, 2.05) is 25.1 Å². The summed E-state index contributed by atoms with van der Waals surface area (Å²) in [6.07, 6.45) is 2.24. The molecule has 164 valence electrons. The van der Waals surface area contributed by atoms with Gasteiger partial charge in [-0.25, -0.2) is 23.1 Å². The lowest BCUT2D eigenvalue weighted by atomic mass is 10.1. The molecule has 2 aromatic carbocycles. The van der Waals surface area contributed by atoms with Gasteiger partial charge in [0.25, 0.3) is 0 Å². The summed E-state index contributed by atoms with van der Waals surface area (Å²) in [5.41, 5.74) is 1.87. The van der Waals surface area contributed by atoms with Gasteiger partial charge in [0.1, 0.15) is 28.0 Å². The number of aromatic nitrogens is 2. The van der Waals surface area contributed by atoms with Gasteiger partial charge in [0, 0.05) is 24.5 Å². The number of fused-ring (bicyclic) bond motifs is 1. The zero-order valence-electron chi connectivity index (χ0n) is 17.9. The summed E-state index contributed by atoms with van der Waals surface area (Å²) in [6.45, 7) is 3.84. The van der Waals surface area contributed by atoms with Crippen molar-refractivity contribution < 1.29 is 17.9 Å². The van der Waals surface area contributed by atoms with Gasteiger partial charge in [0.15, 0.2) is 0 Å². The molecule has 2 heterocycles. The van der Waals surface area contributed by atoms with Crippen molar-refractivity contribution >= 4 is 26.7 Å². The molecule has 0 amide bonds. The standard InChI is InChI=1S/C22H26N4O4S/c1-15-7-6-8-17-21(15)24-20(25-22(17)26-11-4-5-12-26)14-23-31(27,28)19-13-16(29-2)9-10-18(19)30-3/h6-10,13,23H,4-5,11-12,14H2,1-3H3. The lowest BCUT2D eigenvalue weighted by Gasteiger charge is -2.20. The Morgan fingerprint density at radius 3 is 2.55 bits per heavy atom.